The lowest BCUT2D eigenvalue weighted by atomic mass is 10.1. The van der Waals surface area contributed by atoms with Crippen molar-refractivity contribution in [3.05, 3.63) is 90.6 Å². The Balaban J connectivity index is 1.47. The van der Waals surface area contributed by atoms with E-state index in [9.17, 15) is 4.79 Å². The van der Waals surface area contributed by atoms with Crippen LogP contribution in [-0.4, -0.2) is 26.8 Å². The molecule has 128 valence electrons. The second-order valence-electron chi connectivity index (χ2n) is 6.00. The van der Waals surface area contributed by atoms with Crippen LogP contribution in [0, 0.1) is 0 Å². The number of carbonyl (C=O) groups excluding carboxylic acids is 1. The van der Waals surface area contributed by atoms with E-state index in [1.165, 1.54) is 0 Å². The zero-order valence-corrected chi connectivity index (χ0v) is 14.2. The lowest BCUT2D eigenvalue weighted by Gasteiger charge is -2.02. The predicted octanol–water partition coefficient (Wildman–Crippen LogP) is 3.37. The van der Waals surface area contributed by atoms with Crippen molar-refractivity contribution >= 4 is 11.6 Å². The van der Waals surface area contributed by atoms with E-state index in [4.69, 9.17) is 0 Å². The van der Waals surface area contributed by atoms with Crippen LogP contribution >= 0.6 is 0 Å². The number of pyridine rings is 2. The Morgan fingerprint density at radius 2 is 1.77 bits per heavy atom. The number of fused-ring (bicyclic) bond motifs is 1. The van der Waals surface area contributed by atoms with Crippen molar-refractivity contribution in [1.29, 1.82) is 0 Å². The lowest BCUT2D eigenvalue weighted by Crippen LogP contribution is -2.26. The van der Waals surface area contributed by atoms with E-state index < -0.39 is 0 Å². The summed E-state index contributed by atoms with van der Waals surface area (Å²) in [5.41, 5.74) is 4.33. The van der Waals surface area contributed by atoms with Gasteiger partial charge in [0.15, 0.2) is 0 Å². The summed E-state index contributed by atoms with van der Waals surface area (Å²) in [5.74, 6) is -0.175. The molecule has 1 aromatic carbocycles. The summed E-state index contributed by atoms with van der Waals surface area (Å²) in [6, 6.07) is 19.8. The molecule has 0 bridgehead atoms. The fourth-order valence-corrected chi connectivity index (χ4v) is 2.84. The molecule has 0 fully saturated rings. The molecule has 5 nitrogen and oxygen atoms in total. The molecular weight excluding hydrogens is 324 g/mol. The molecule has 4 aromatic rings. The molecule has 3 aromatic heterocycles. The van der Waals surface area contributed by atoms with E-state index in [-0.39, 0.29) is 5.91 Å². The van der Waals surface area contributed by atoms with Gasteiger partial charge in [-0.3, -0.25) is 9.78 Å². The summed E-state index contributed by atoms with van der Waals surface area (Å²) >= 11 is 0. The molecule has 26 heavy (non-hydrogen) atoms. The van der Waals surface area contributed by atoms with Crippen LogP contribution in [0.15, 0.2) is 79.3 Å². The van der Waals surface area contributed by atoms with Crippen molar-refractivity contribution in [2.24, 2.45) is 0 Å². The molecule has 1 amide bonds. The van der Waals surface area contributed by atoms with Gasteiger partial charge in [-0.05, 0) is 35.4 Å². The number of carbonyl (C=O) groups is 1. The van der Waals surface area contributed by atoms with Gasteiger partial charge in [-0.25, -0.2) is 4.98 Å². The molecule has 0 atom stereocenters. The number of hydrogen-bond acceptors (Lipinski definition) is 3. The van der Waals surface area contributed by atoms with Crippen molar-refractivity contribution in [1.82, 2.24) is 19.7 Å². The maximum Gasteiger partial charge on any atom is 0.271 e. The van der Waals surface area contributed by atoms with Gasteiger partial charge in [-0.15, -0.1) is 0 Å². The molecule has 0 aliphatic rings. The van der Waals surface area contributed by atoms with E-state index in [2.05, 4.69) is 27.4 Å². The van der Waals surface area contributed by atoms with Crippen LogP contribution in [0.25, 0.3) is 16.8 Å². The second kappa shape index (κ2) is 7.19. The van der Waals surface area contributed by atoms with Crippen molar-refractivity contribution < 1.29 is 4.79 Å². The molecule has 1 N–H and O–H groups in total. The number of nitrogens with zero attached hydrogens (tertiary/aromatic N) is 3. The third-order valence-corrected chi connectivity index (χ3v) is 4.18. The highest BCUT2D eigenvalue weighted by Crippen LogP contribution is 2.19. The Morgan fingerprint density at radius 1 is 0.923 bits per heavy atom. The highest BCUT2D eigenvalue weighted by atomic mass is 16.1. The summed E-state index contributed by atoms with van der Waals surface area (Å²) in [7, 11) is 0. The minimum Gasteiger partial charge on any atom is -0.350 e. The van der Waals surface area contributed by atoms with Gasteiger partial charge < -0.3 is 9.72 Å². The van der Waals surface area contributed by atoms with Crippen LogP contribution in [0.3, 0.4) is 0 Å². The first-order chi connectivity index (χ1) is 12.8. The number of benzene rings is 1. The van der Waals surface area contributed by atoms with E-state index in [1.54, 1.807) is 12.4 Å². The highest BCUT2D eigenvalue weighted by Gasteiger charge is 2.11. The Labute approximate surface area is 151 Å². The fraction of sp³-hybridized carbons (Fsp3) is 0.0952. The Bertz CT molecular complexity index is 1030. The van der Waals surface area contributed by atoms with E-state index in [0.717, 1.165) is 22.5 Å². The fourth-order valence-electron chi connectivity index (χ4n) is 2.84. The number of imidazole rings is 1. The van der Waals surface area contributed by atoms with Crippen molar-refractivity contribution in [3.8, 4) is 11.1 Å². The average molecular weight is 342 g/mol. The zero-order chi connectivity index (χ0) is 17.8. The molecule has 0 aliphatic heterocycles. The number of hydrogen-bond donors (Lipinski definition) is 1. The van der Waals surface area contributed by atoms with Gasteiger partial charge in [0.05, 0.1) is 0 Å². The van der Waals surface area contributed by atoms with Gasteiger partial charge in [-0.2, -0.15) is 0 Å². The molecule has 4 rings (SSSR count). The van der Waals surface area contributed by atoms with Crippen LogP contribution < -0.4 is 5.32 Å². The van der Waals surface area contributed by atoms with Gasteiger partial charge in [0.25, 0.3) is 5.91 Å². The smallest absolute Gasteiger partial charge is 0.271 e. The van der Waals surface area contributed by atoms with Gasteiger partial charge in [0.1, 0.15) is 11.3 Å². The molecule has 0 unspecified atom stereocenters. The second-order valence-corrected chi connectivity index (χ2v) is 6.00. The molecule has 0 radical (unpaired) electrons. The molecule has 3 heterocycles. The minimum atomic E-state index is -0.175. The third-order valence-electron chi connectivity index (χ3n) is 4.18. The molecular formula is C21H18N4O. The number of rotatable bonds is 5. The molecule has 0 saturated carbocycles. The van der Waals surface area contributed by atoms with Crippen molar-refractivity contribution in [2.45, 2.75) is 6.42 Å². The van der Waals surface area contributed by atoms with Crippen LogP contribution in [0.2, 0.25) is 0 Å². The highest BCUT2D eigenvalue weighted by molar-refractivity contribution is 5.92. The largest absolute Gasteiger partial charge is 0.350 e. The maximum absolute atomic E-state index is 12.4. The maximum atomic E-state index is 12.4. The Kier molecular flexibility index (Phi) is 4.43. The van der Waals surface area contributed by atoms with Gasteiger partial charge in [0, 0.05) is 37.3 Å². The molecule has 0 saturated heterocycles. The summed E-state index contributed by atoms with van der Waals surface area (Å²) in [4.78, 5) is 21.0. The molecule has 0 spiro atoms. The van der Waals surface area contributed by atoms with Gasteiger partial charge in [-0.1, -0.05) is 36.4 Å². The summed E-state index contributed by atoms with van der Waals surface area (Å²) in [6.07, 6.45) is 6.20. The number of amides is 1. The SMILES string of the molecule is O=C(NCCc1ccccn1)c1cn2cc(-c3ccccc3)ccc2n1. The monoisotopic (exact) mass is 342 g/mol. The topological polar surface area (TPSA) is 59.3 Å². The minimum absolute atomic E-state index is 0.175. The number of aromatic nitrogens is 3. The average Bonchev–Trinajstić information content (AvgIpc) is 3.13. The lowest BCUT2D eigenvalue weighted by molar-refractivity contribution is 0.0949. The Hall–Kier alpha value is -3.47. The predicted molar refractivity (Wildman–Crippen MR) is 101 cm³/mol. The van der Waals surface area contributed by atoms with E-state index in [0.29, 0.717) is 18.7 Å². The van der Waals surface area contributed by atoms with Crippen molar-refractivity contribution in [3.63, 3.8) is 0 Å². The number of nitrogens with one attached hydrogen (secondary N) is 1. The van der Waals surface area contributed by atoms with Crippen LogP contribution in [-0.2, 0) is 6.42 Å². The standard InChI is InChI=1S/C21H18N4O/c26-21(23-13-11-18-8-4-5-12-22-18)19-15-25-14-17(9-10-20(25)24-19)16-6-2-1-3-7-16/h1-10,12,14-15H,11,13H2,(H,23,26). The third kappa shape index (κ3) is 3.47. The quantitative estimate of drug-likeness (QED) is 0.605. The zero-order valence-electron chi connectivity index (χ0n) is 14.2. The van der Waals surface area contributed by atoms with E-state index >= 15 is 0 Å². The molecule has 5 heteroatoms. The van der Waals surface area contributed by atoms with Gasteiger partial charge in [0.2, 0.25) is 0 Å². The summed E-state index contributed by atoms with van der Waals surface area (Å²) in [5, 5.41) is 2.90. The first-order valence-electron chi connectivity index (χ1n) is 8.52. The van der Waals surface area contributed by atoms with Crippen LogP contribution in [0.4, 0.5) is 0 Å². The Morgan fingerprint density at radius 3 is 2.58 bits per heavy atom. The van der Waals surface area contributed by atoms with Crippen LogP contribution in [0.1, 0.15) is 16.2 Å². The van der Waals surface area contributed by atoms with E-state index in [1.807, 2.05) is 59.1 Å². The van der Waals surface area contributed by atoms with Crippen LogP contribution in [0.5, 0.6) is 0 Å². The summed E-state index contributed by atoms with van der Waals surface area (Å²) in [6.45, 7) is 0.527. The van der Waals surface area contributed by atoms with Crippen molar-refractivity contribution in [2.75, 3.05) is 6.54 Å². The first kappa shape index (κ1) is 16.0. The van der Waals surface area contributed by atoms with Gasteiger partial charge >= 0.3 is 0 Å². The summed E-state index contributed by atoms with van der Waals surface area (Å²) < 4.78 is 1.88. The molecule has 0 aliphatic carbocycles. The normalized spacial score (nSPS) is 10.8. The first-order valence-corrected chi connectivity index (χ1v) is 8.52.